The van der Waals surface area contributed by atoms with Crippen LogP contribution in [0.2, 0.25) is 0 Å². The summed E-state index contributed by atoms with van der Waals surface area (Å²) in [5.41, 5.74) is 0. The van der Waals surface area contributed by atoms with Gasteiger partial charge in [-0.25, -0.2) is 0 Å². The zero-order valence-electron chi connectivity index (χ0n) is 10.3. The fourth-order valence-electron chi connectivity index (χ4n) is 1.94. The van der Waals surface area contributed by atoms with Crippen molar-refractivity contribution >= 4 is 18.3 Å². The van der Waals surface area contributed by atoms with E-state index in [1.807, 2.05) is 11.8 Å². The zero-order chi connectivity index (χ0) is 11.4. The lowest BCUT2D eigenvalue weighted by molar-refractivity contribution is -0.133. The molecular weight excluding hydrogens is 228 g/mol. The molecule has 0 aromatic carbocycles. The van der Waals surface area contributed by atoms with Gasteiger partial charge in [0.2, 0.25) is 5.91 Å². The molecule has 5 heteroatoms. The van der Waals surface area contributed by atoms with Gasteiger partial charge in [-0.3, -0.25) is 4.79 Å². The van der Waals surface area contributed by atoms with Crippen molar-refractivity contribution in [2.75, 3.05) is 19.6 Å². The first-order valence-electron chi connectivity index (χ1n) is 5.74. The Balaban J connectivity index is 0.00000225. The first-order valence-corrected chi connectivity index (χ1v) is 5.74. The van der Waals surface area contributed by atoms with Gasteiger partial charge in [0, 0.05) is 19.6 Å². The van der Waals surface area contributed by atoms with Crippen LogP contribution < -0.4 is 5.32 Å². The van der Waals surface area contributed by atoms with Crippen LogP contribution >= 0.6 is 12.4 Å². The third-order valence-corrected chi connectivity index (χ3v) is 2.68. The fourth-order valence-corrected chi connectivity index (χ4v) is 1.94. The lowest BCUT2D eigenvalue weighted by Gasteiger charge is -2.25. The van der Waals surface area contributed by atoms with Crippen LogP contribution in [0, 0.1) is 5.92 Å². The standard InChI is InChI=1S/C11H22N2O2.ClH/c1-4-13(7-8(2)3)11(15)10-5-9(14)6-12-10;/h8-10,12,14H,4-7H2,1-3H3;1H/t9-,10-;/m1./s1. The summed E-state index contributed by atoms with van der Waals surface area (Å²) in [5.74, 6) is 0.614. The third-order valence-electron chi connectivity index (χ3n) is 2.68. The number of amides is 1. The minimum absolute atomic E-state index is 0. The quantitative estimate of drug-likeness (QED) is 0.770. The SMILES string of the molecule is CCN(CC(C)C)C(=O)[C@H]1C[C@@H](O)CN1.Cl. The van der Waals surface area contributed by atoms with Gasteiger partial charge in [-0.05, 0) is 19.3 Å². The van der Waals surface area contributed by atoms with Gasteiger partial charge >= 0.3 is 0 Å². The van der Waals surface area contributed by atoms with Crippen LogP contribution in [0.25, 0.3) is 0 Å². The Bertz CT molecular complexity index is 224. The number of carbonyl (C=O) groups is 1. The van der Waals surface area contributed by atoms with E-state index in [-0.39, 0.29) is 30.5 Å². The molecule has 0 saturated carbocycles. The lowest BCUT2D eigenvalue weighted by atomic mass is 10.1. The van der Waals surface area contributed by atoms with Crippen molar-refractivity contribution in [3.8, 4) is 0 Å². The Morgan fingerprint density at radius 2 is 2.19 bits per heavy atom. The number of likely N-dealkylation sites (N-methyl/N-ethyl adjacent to an activating group) is 1. The topological polar surface area (TPSA) is 52.6 Å². The maximum absolute atomic E-state index is 12.0. The number of β-amino-alcohol motifs (C(OH)–C–C–N with tert-alkyl or cyclic N) is 1. The molecule has 2 N–H and O–H groups in total. The molecule has 0 aliphatic carbocycles. The maximum Gasteiger partial charge on any atom is 0.239 e. The van der Waals surface area contributed by atoms with Gasteiger partial charge in [-0.1, -0.05) is 13.8 Å². The molecule has 0 spiro atoms. The van der Waals surface area contributed by atoms with Gasteiger partial charge in [0.25, 0.3) is 0 Å². The highest BCUT2D eigenvalue weighted by molar-refractivity contribution is 5.85. The Morgan fingerprint density at radius 3 is 2.56 bits per heavy atom. The van der Waals surface area contributed by atoms with Crippen LogP contribution in [0.5, 0.6) is 0 Å². The van der Waals surface area contributed by atoms with Crippen LogP contribution in [0.1, 0.15) is 27.2 Å². The number of hydrogen-bond donors (Lipinski definition) is 2. The molecule has 1 fully saturated rings. The largest absolute Gasteiger partial charge is 0.392 e. The average Bonchev–Trinajstić information content (AvgIpc) is 2.60. The van der Waals surface area contributed by atoms with Crippen molar-refractivity contribution in [3.63, 3.8) is 0 Å². The number of hydrogen-bond acceptors (Lipinski definition) is 3. The molecular formula is C11H23ClN2O2. The molecule has 96 valence electrons. The van der Waals surface area contributed by atoms with Gasteiger partial charge in [-0.15, -0.1) is 12.4 Å². The number of rotatable bonds is 4. The predicted molar refractivity (Wildman–Crippen MR) is 66.8 cm³/mol. The first-order chi connectivity index (χ1) is 7.04. The summed E-state index contributed by atoms with van der Waals surface area (Å²) in [4.78, 5) is 13.9. The highest BCUT2D eigenvalue weighted by atomic mass is 35.5. The maximum atomic E-state index is 12.0. The van der Waals surface area contributed by atoms with E-state index in [1.54, 1.807) is 0 Å². The van der Waals surface area contributed by atoms with Crippen LogP contribution in [0.4, 0.5) is 0 Å². The molecule has 1 amide bonds. The highest BCUT2D eigenvalue weighted by Gasteiger charge is 2.30. The minimum atomic E-state index is -0.364. The Hall–Kier alpha value is -0.320. The van der Waals surface area contributed by atoms with Crippen molar-refractivity contribution in [2.45, 2.75) is 39.3 Å². The van der Waals surface area contributed by atoms with E-state index in [9.17, 15) is 9.90 Å². The highest BCUT2D eigenvalue weighted by Crippen LogP contribution is 2.10. The molecule has 0 aromatic rings. The molecule has 1 saturated heterocycles. The number of nitrogens with zero attached hydrogens (tertiary/aromatic N) is 1. The number of halogens is 1. The fraction of sp³-hybridized carbons (Fsp3) is 0.909. The molecule has 16 heavy (non-hydrogen) atoms. The van der Waals surface area contributed by atoms with Crippen molar-refractivity contribution in [1.29, 1.82) is 0 Å². The normalized spacial score (nSPS) is 24.3. The number of carbonyl (C=O) groups excluding carboxylic acids is 1. The Morgan fingerprint density at radius 1 is 1.56 bits per heavy atom. The van der Waals surface area contributed by atoms with Crippen molar-refractivity contribution in [2.24, 2.45) is 5.92 Å². The Kier molecular flexibility index (Phi) is 6.95. The van der Waals surface area contributed by atoms with Crippen molar-refractivity contribution in [1.82, 2.24) is 10.2 Å². The summed E-state index contributed by atoms with van der Waals surface area (Å²) >= 11 is 0. The number of nitrogens with one attached hydrogen (secondary N) is 1. The first kappa shape index (κ1) is 15.7. The van der Waals surface area contributed by atoms with Crippen LogP contribution in [-0.2, 0) is 4.79 Å². The van der Waals surface area contributed by atoms with E-state index >= 15 is 0 Å². The Labute approximate surface area is 104 Å². The summed E-state index contributed by atoms with van der Waals surface area (Å²) in [6.07, 6.45) is 0.185. The molecule has 1 rings (SSSR count). The van der Waals surface area contributed by atoms with E-state index in [4.69, 9.17) is 0 Å². The van der Waals surface area contributed by atoms with Gasteiger partial charge in [0.15, 0.2) is 0 Å². The van der Waals surface area contributed by atoms with Crippen LogP contribution in [-0.4, -0.2) is 47.7 Å². The summed E-state index contributed by atoms with van der Waals surface area (Å²) in [7, 11) is 0. The second-order valence-electron chi connectivity index (χ2n) is 4.62. The van der Waals surface area contributed by atoms with Crippen molar-refractivity contribution < 1.29 is 9.90 Å². The van der Waals surface area contributed by atoms with Crippen LogP contribution in [0.15, 0.2) is 0 Å². The minimum Gasteiger partial charge on any atom is -0.392 e. The van der Waals surface area contributed by atoms with E-state index < -0.39 is 0 Å². The summed E-state index contributed by atoms with van der Waals surface area (Å²) in [6, 6.07) is -0.182. The van der Waals surface area contributed by atoms with Gasteiger partial charge < -0.3 is 15.3 Å². The van der Waals surface area contributed by atoms with E-state index in [2.05, 4.69) is 19.2 Å². The monoisotopic (exact) mass is 250 g/mol. The summed E-state index contributed by atoms with van der Waals surface area (Å²) in [6.45, 7) is 8.27. The second-order valence-corrected chi connectivity index (χ2v) is 4.62. The van der Waals surface area contributed by atoms with Crippen LogP contribution in [0.3, 0.4) is 0 Å². The second kappa shape index (κ2) is 7.09. The molecule has 0 unspecified atom stereocenters. The molecule has 1 aliphatic heterocycles. The van der Waals surface area contributed by atoms with Gasteiger partial charge in [0.1, 0.15) is 0 Å². The van der Waals surface area contributed by atoms with E-state index in [0.29, 0.717) is 18.9 Å². The zero-order valence-corrected chi connectivity index (χ0v) is 11.1. The molecule has 0 aromatic heterocycles. The summed E-state index contributed by atoms with van der Waals surface area (Å²) < 4.78 is 0. The molecule has 1 aliphatic rings. The average molecular weight is 251 g/mol. The van der Waals surface area contributed by atoms with Crippen molar-refractivity contribution in [3.05, 3.63) is 0 Å². The molecule has 0 radical (unpaired) electrons. The molecule has 4 nitrogen and oxygen atoms in total. The molecule has 2 atom stereocenters. The van der Waals surface area contributed by atoms with Gasteiger partial charge in [0.05, 0.1) is 12.1 Å². The molecule has 1 heterocycles. The van der Waals surface area contributed by atoms with Gasteiger partial charge in [-0.2, -0.15) is 0 Å². The number of aliphatic hydroxyl groups is 1. The van der Waals surface area contributed by atoms with E-state index in [0.717, 1.165) is 13.1 Å². The smallest absolute Gasteiger partial charge is 0.239 e. The lowest BCUT2D eigenvalue weighted by Crippen LogP contribution is -2.44. The number of aliphatic hydroxyl groups excluding tert-OH is 1. The summed E-state index contributed by atoms with van der Waals surface area (Å²) in [5, 5.41) is 12.4. The molecule has 0 bridgehead atoms. The third kappa shape index (κ3) is 4.28. The van der Waals surface area contributed by atoms with E-state index in [1.165, 1.54) is 0 Å². The predicted octanol–water partition coefficient (Wildman–Crippen LogP) is 0.635.